The number of rotatable bonds is 4. The number of methoxy groups -OCH3 is 1. The van der Waals surface area contributed by atoms with Crippen molar-refractivity contribution in [1.29, 1.82) is 0 Å². The lowest BCUT2D eigenvalue weighted by atomic mass is 9.93. The maximum Gasteiger partial charge on any atom is 0.416 e. The highest BCUT2D eigenvalue weighted by Gasteiger charge is 2.42. The minimum atomic E-state index is -4.51. The fourth-order valence-electron chi connectivity index (χ4n) is 5.64. The molecule has 1 aromatic heterocycles. The minimum absolute atomic E-state index is 0.00890. The predicted molar refractivity (Wildman–Crippen MR) is 163 cm³/mol. The number of hydrogen-bond acceptors (Lipinski definition) is 7. The van der Waals surface area contributed by atoms with Gasteiger partial charge < -0.3 is 20.1 Å². The number of nitrogens with one attached hydrogen (secondary N) is 1. The molecule has 11 heteroatoms. The summed E-state index contributed by atoms with van der Waals surface area (Å²) in [5, 5.41) is 18.4. The topological polar surface area (TPSA) is 87.3 Å². The zero-order valence-corrected chi connectivity index (χ0v) is 23.5. The van der Waals surface area contributed by atoms with E-state index in [0.29, 0.717) is 23.1 Å². The van der Waals surface area contributed by atoms with Crippen molar-refractivity contribution in [2.75, 3.05) is 17.3 Å². The van der Waals surface area contributed by atoms with Gasteiger partial charge >= 0.3 is 6.18 Å². The molecule has 2 N–H and O–H groups in total. The number of aryl methyl sites for hydroxylation is 1. The van der Waals surface area contributed by atoms with Crippen LogP contribution >= 0.6 is 0 Å². The second-order valence-corrected chi connectivity index (χ2v) is 10.4. The first-order valence-electron chi connectivity index (χ1n) is 13.7. The van der Waals surface area contributed by atoms with Crippen molar-refractivity contribution in [3.63, 3.8) is 0 Å². The summed E-state index contributed by atoms with van der Waals surface area (Å²) in [5.74, 6) is 1.49. The van der Waals surface area contributed by atoms with Crippen LogP contribution in [0.2, 0.25) is 0 Å². The Hall–Kier alpha value is -5.58. The summed E-state index contributed by atoms with van der Waals surface area (Å²) < 4.78 is 48.0. The van der Waals surface area contributed by atoms with Gasteiger partial charge in [0.1, 0.15) is 0 Å². The summed E-state index contributed by atoms with van der Waals surface area (Å²) in [4.78, 5) is 11.9. The van der Waals surface area contributed by atoms with Gasteiger partial charge in [0.25, 0.3) is 0 Å². The number of ether oxygens (including phenoxy) is 1. The SMILES string of the molecule is COc1cc(C2c3c(C)nn(-c4ccccc4)c3N=C3C(Nc4cccc(C(F)(F)F)c4)=Nc4ccccc4N32)ccc1O. The smallest absolute Gasteiger partial charge is 0.416 e. The van der Waals surface area contributed by atoms with Crippen LogP contribution in [0.4, 0.5) is 36.1 Å². The van der Waals surface area contributed by atoms with Gasteiger partial charge in [-0.15, -0.1) is 0 Å². The molecular weight excluding hydrogens is 569 g/mol. The molecule has 0 aliphatic carbocycles. The largest absolute Gasteiger partial charge is 0.504 e. The number of halogens is 3. The van der Waals surface area contributed by atoms with E-state index in [0.717, 1.165) is 40.3 Å². The van der Waals surface area contributed by atoms with Crippen LogP contribution in [0.25, 0.3) is 5.69 Å². The molecule has 2 aliphatic heterocycles. The van der Waals surface area contributed by atoms with Gasteiger partial charge in [0.2, 0.25) is 0 Å². The number of nitrogens with zero attached hydrogens (tertiary/aromatic N) is 5. The number of fused-ring (bicyclic) bond motifs is 4. The molecule has 0 spiro atoms. The average molecular weight is 595 g/mol. The van der Waals surface area contributed by atoms with Crippen LogP contribution in [-0.4, -0.2) is 33.7 Å². The fourth-order valence-corrected chi connectivity index (χ4v) is 5.64. The van der Waals surface area contributed by atoms with E-state index in [9.17, 15) is 18.3 Å². The van der Waals surface area contributed by atoms with Crippen molar-refractivity contribution in [2.45, 2.75) is 19.1 Å². The highest BCUT2D eigenvalue weighted by atomic mass is 19.4. The zero-order valence-electron chi connectivity index (χ0n) is 23.5. The van der Waals surface area contributed by atoms with Crippen LogP contribution in [0, 0.1) is 6.92 Å². The molecule has 7 rings (SSSR count). The van der Waals surface area contributed by atoms with Gasteiger partial charge in [-0.25, -0.2) is 14.7 Å². The van der Waals surface area contributed by atoms with Crippen molar-refractivity contribution >= 4 is 34.6 Å². The molecular formula is C33H25F3N6O2. The van der Waals surface area contributed by atoms with Gasteiger partial charge in [0.15, 0.2) is 29.0 Å². The normalized spacial score (nSPS) is 15.5. The number of aromatic nitrogens is 2. The zero-order chi connectivity index (χ0) is 30.6. The van der Waals surface area contributed by atoms with Gasteiger partial charge in [-0.1, -0.05) is 42.5 Å². The molecule has 0 amide bonds. The lowest BCUT2D eigenvalue weighted by molar-refractivity contribution is -0.137. The summed E-state index contributed by atoms with van der Waals surface area (Å²) in [6.07, 6.45) is -4.51. The van der Waals surface area contributed by atoms with Gasteiger partial charge in [-0.3, -0.25) is 0 Å². The summed E-state index contributed by atoms with van der Waals surface area (Å²) in [6, 6.07) is 26.7. The van der Waals surface area contributed by atoms with E-state index in [1.54, 1.807) is 22.9 Å². The van der Waals surface area contributed by atoms with Crippen molar-refractivity contribution in [3.05, 3.63) is 119 Å². The van der Waals surface area contributed by atoms with E-state index in [2.05, 4.69) is 5.32 Å². The van der Waals surface area contributed by atoms with Gasteiger partial charge in [-0.05, 0) is 67.1 Å². The Morgan fingerprint density at radius 1 is 0.886 bits per heavy atom. The Morgan fingerprint density at radius 3 is 2.43 bits per heavy atom. The number of aromatic hydroxyl groups is 1. The standard InChI is InChI=1S/C33H25F3N6O2/c1-19-28-29(20-15-16-26(43)27(17-20)44-2)41-25-14-7-6-13-24(25)38-30(37-22-10-8-9-21(18-22)33(34,35)36)32(41)39-31(28)42(40-19)23-11-4-3-5-12-23/h3-18,29,43H,1-2H3,(H,37,38). The molecule has 0 bridgehead atoms. The third-order valence-corrected chi connectivity index (χ3v) is 7.61. The maximum atomic E-state index is 13.6. The number of alkyl halides is 3. The van der Waals surface area contributed by atoms with Crippen LogP contribution in [0.3, 0.4) is 0 Å². The number of phenolic OH excluding ortho intramolecular Hbond substituents is 1. The number of para-hydroxylation sites is 3. The number of benzene rings is 4. The van der Waals surface area contributed by atoms with Crippen molar-refractivity contribution in [3.8, 4) is 17.2 Å². The van der Waals surface area contributed by atoms with Crippen LogP contribution < -0.4 is 15.0 Å². The van der Waals surface area contributed by atoms with Crippen molar-refractivity contribution < 1.29 is 23.0 Å². The first-order valence-corrected chi connectivity index (χ1v) is 13.7. The predicted octanol–water partition coefficient (Wildman–Crippen LogP) is 7.71. The lowest BCUT2D eigenvalue weighted by Crippen LogP contribution is -2.46. The molecule has 8 nitrogen and oxygen atoms in total. The monoisotopic (exact) mass is 594 g/mol. The third-order valence-electron chi connectivity index (χ3n) is 7.61. The average Bonchev–Trinajstić information content (AvgIpc) is 3.36. The Bertz CT molecular complexity index is 1970. The Morgan fingerprint density at radius 2 is 1.66 bits per heavy atom. The van der Waals surface area contributed by atoms with E-state index in [4.69, 9.17) is 19.8 Å². The Balaban J connectivity index is 1.48. The van der Waals surface area contributed by atoms with E-state index in [-0.39, 0.29) is 17.3 Å². The molecule has 4 aromatic carbocycles. The summed E-state index contributed by atoms with van der Waals surface area (Å²) in [6.45, 7) is 1.91. The number of anilines is 2. The molecule has 2 aliphatic rings. The molecule has 220 valence electrons. The molecule has 44 heavy (non-hydrogen) atoms. The van der Waals surface area contributed by atoms with Gasteiger partial charge in [0, 0.05) is 11.3 Å². The lowest BCUT2D eigenvalue weighted by Gasteiger charge is -2.40. The van der Waals surface area contributed by atoms with E-state index in [1.807, 2.05) is 72.5 Å². The quantitative estimate of drug-likeness (QED) is 0.223. The molecule has 0 radical (unpaired) electrons. The van der Waals surface area contributed by atoms with E-state index in [1.165, 1.54) is 13.2 Å². The molecule has 1 unspecified atom stereocenters. The maximum absolute atomic E-state index is 13.6. The summed E-state index contributed by atoms with van der Waals surface area (Å²) >= 11 is 0. The molecule has 0 fully saturated rings. The van der Waals surface area contributed by atoms with E-state index < -0.39 is 17.8 Å². The van der Waals surface area contributed by atoms with Gasteiger partial charge in [-0.2, -0.15) is 18.3 Å². The molecule has 1 atom stereocenters. The van der Waals surface area contributed by atoms with Crippen LogP contribution in [0.5, 0.6) is 11.5 Å². The first kappa shape index (κ1) is 27.3. The van der Waals surface area contributed by atoms with Gasteiger partial charge in [0.05, 0.1) is 41.5 Å². The van der Waals surface area contributed by atoms with Crippen molar-refractivity contribution in [2.24, 2.45) is 9.98 Å². The number of phenols is 1. The number of aliphatic imine (C=N–C) groups is 2. The Kier molecular flexibility index (Phi) is 6.38. The first-order chi connectivity index (χ1) is 21.2. The highest BCUT2D eigenvalue weighted by Crippen LogP contribution is 2.49. The molecule has 0 saturated heterocycles. The number of amidine groups is 2. The minimum Gasteiger partial charge on any atom is -0.504 e. The van der Waals surface area contributed by atoms with Crippen molar-refractivity contribution in [1.82, 2.24) is 9.78 Å². The van der Waals surface area contributed by atoms with Crippen LogP contribution in [0.15, 0.2) is 107 Å². The second-order valence-electron chi connectivity index (χ2n) is 10.4. The highest BCUT2D eigenvalue weighted by molar-refractivity contribution is 6.51. The number of hydrogen-bond donors (Lipinski definition) is 2. The molecule has 5 aromatic rings. The fraction of sp³-hybridized carbons (Fsp3) is 0.121. The third kappa shape index (κ3) is 4.53. The van der Waals surface area contributed by atoms with Crippen LogP contribution in [-0.2, 0) is 6.18 Å². The summed E-state index contributed by atoms with van der Waals surface area (Å²) in [7, 11) is 1.48. The van der Waals surface area contributed by atoms with E-state index >= 15 is 0 Å². The van der Waals surface area contributed by atoms with Crippen LogP contribution in [0.1, 0.15) is 28.4 Å². The second kappa shape index (κ2) is 10.3. The molecule has 3 heterocycles. The summed E-state index contributed by atoms with van der Waals surface area (Å²) in [5.41, 5.74) is 3.90. The molecule has 0 saturated carbocycles. The Labute approximate surface area is 250 Å².